The third-order valence-corrected chi connectivity index (χ3v) is 0.721. The van der Waals surface area contributed by atoms with Crippen molar-refractivity contribution in [3.8, 4) is 0 Å². The first-order chi connectivity index (χ1) is 5.59. The zero-order chi connectivity index (χ0) is 11.2. The van der Waals surface area contributed by atoms with E-state index in [0.717, 1.165) is 0 Å². The van der Waals surface area contributed by atoms with Crippen molar-refractivity contribution in [2.75, 3.05) is 0 Å². The summed E-state index contributed by atoms with van der Waals surface area (Å²) in [5.41, 5.74) is -5.08. The van der Waals surface area contributed by atoms with Crippen LogP contribution >= 0.6 is 0 Å². The zero-order valence-corrected chi connectivity index (χ0v) is 7.25. The van der Waals surface area contributed by atoms with Crippen LogP contribution in [-0.4, -0.2) is 17.6 Å². The van der Waals surface area contributed by atoms with E-state index in [1.807, 2.05) is 0 Å². The van der Waals surface area contributed by atoms with Gasteiger partial charge in [0.25, 0.3) is 0 Å². The SMILES string of the molecule is O=C(F)C(=O)F.O=[S-](=O)C(F)(F)F.[Li+]. The molecule has 0 saturated heterocycles. The molecule has 0 aliphatic rings. The quantitative estimate of drug-likeness (QED) is 0.170. The van der Waals surface area contributed by atoms with Crippen molar-refractivity contribution in [3.63, 3.8) is 0 Å². The van der Waals surface area contributed by atoms with Gasteiger partial charge < -0.3 is 8.42 Å². The molecule has 0 amide bonds. The predicted molar refractivity (Wildman–Crippen MR) is 27.0 cm³/mol. The van der Waals surface area contributed by atoms with E-state index < -0.39 is 28.3 Å². The molecule has 0 rings (SSSR count). The Hall–Kier alpha value is -0.463. The number of hydrogen-bond acceptors (Lipinski definition) is 5. The number of halogens is 5. The molecule has 0 aromatic carbocycles. The molecular weight excluding hydrogens is 234 g/mol. The normalized spacial score (nSPS) is 9.57. The fourth-order valence-electron chi connectivity index (χ4n) is 0. The first-order valence-corrected chi connectivity index (χ1v) is 3.22. The van der Waals surface area contributed by atoms with Gasteiger partial charge in [0.15, 0.2) is 0 Å². The van der Waals surface area contributed by atoms with Crippen molar-refractivity contribution in [2.45, 2.75) is 5.51 Å². The third-order valence-electron chi connectivity index (χ3n) is 0.344. The molecule has 0 aliphatic carbocycles. The van der Waals surface area contributed by atoms with Crippen LogP contribution in [0.1, 0.15) is 0 Å². The van der Waals surface area contributed by atoms with Gasteiger partial charge in [0.1, 0.15) is 0 Å². The van der Waals surface area contributed by atoms with Crippen LogP contribution in [0.25, 0.3) is 0 Å². The Morgan fingerprint density at radius 2 is 1.07 bits per heavy atom. The van der Waals surface area contributed by atoms with Crippen LogP contribution < -0.4 is 18.9 Å². The van der Waals surface area contributed by atoms with Gasteiger partial charge in [-0.1, -0.05) is 0 Å². The molecule has 0 spiro atoms. The Kier molecular flexibility index (Phi) is 10.8. The maximum Gasteiger partial charge on any atom is 1.00 e. The number of alkyl halides is 3. The minimum absolute atomic E-state index is 0. The van der Waals surface area contributed by atoms with Crippen molar-refractivity contribution in [1.82, 2.24) is 0 Å². The molecule has 0 atom stereocenters. The van der Waals surface area contributed by atoms with Crippen LogP contribution in [0.15, 0.2) is 0 Å². The Morgan fingerprint density at radius 1 is 0.929 bits per heavy atom. The molecule has 0 heterocycles. The molecule has 0 radical (unpaired) electrons. The summed E-state index contributed by atoms with van der Waals surface area (Å²) in [4.78, 5) is 17.5. The van der Waals surface area contributed by atoms with Gasteiger partial charge in [0.05, 0.1) is 0 Å². The van der Waals surface area contributed by atoms with Gasteiger partial charge in [-0.05, 0) is 0 Å². The summed E-state index contributed by atoms with van der Waals surface area (Å²) in [5, 5.41) is 0. The molecule has 0 aliphatic heterocycles. The number of carbonyl (C=O) groups is 2. The van der Waals surface area contributed by atoms with Gasteiger partial charge in [-0.25, -0.2) is 9.59 Å². The van der Waals surface area contributed by atoms with E-state index in [9.17, 15) is 22.0 Å². The summed E-state index contributed by atoms with van der Waals surface area (Å²) < 4.78 is 70.4. The molecular formula is C3F5LiO4S. The Balaban J connectivity index is -0.000000163. The van der Waals surface area contributed by atoms with Crippen LogP contribution in [0.4, 0.5) is 22.0 Å². The molecule has 0 unspecified atom stereocenters. The van der Waals surface area contributed by atoms with Crippen molar-refractivity contribution in [3.05, 3.63) is 0 Å². The maximum absolute atomic E-state index is 10.6. The third kappa shape index (κ3) is 14.1. The second-order valence-electron chi connectivity index (χ2n) is 1.23. The average molecular weight is 234 g/mol. The van der Waals surface area contributed by atoms with E-state index in [1.165, 1.54) is 0 Å². The molecule has 0 aromatic heterocycles. The minimum Gasteiger partial charge on any atom is -0.416 e. The first kappa shape index (κ1) is 19.2. The van der Waals surface area contributed by atoms with Gasteiger partial charge in [-0.3, -0.25) is 0 Å². The smallest absolute Gasteiger partial charge is 0.416 e. The van der Waals surface area contributed by atoms with Crippen molar-refractivity contribution >= 4 is 22.8 Å². The van der Waals surface area contributed by atoms with Crippen LogP contribution in [0.3, 0.4) is 0 Å². The molecule has 0 fully saturated rings. The van der Waals surface area contributed by atoms with E-state index in [2.05, 4.69) is 0 Å². The second-order valence-corrected chi connectivity index (χ2v) is 2.16. The number of carbonyl (C=O) groups excluding carboxylic acids is 2. The predicted octanol–water partition coefficient (Wildman–Crippen LogP) is -2.20. The maximum atomic E-state index is 10.6. The van der Waals surface area contributed by atoms with Crippen LogP contribution in [0.5, 0.6) is 0 Å². The number of hydrogen-bond donors (Lipinski definition) is 0. The van der Waals surface area contributed by atoms with E-state index in [4.69, 9.17) is 18.0 Å². The zero-order valence-electron chi connectivity index (χ0n) is 6.43. The summed E-state index contributed by atoms with van der Waals surface area (Å²) in [5.74, 6) is 0. The second kappa shape index (κ2) is 7.90. The van der Waals surface area contributed by atoms with E-state index >= 15 is 0 Å². The summed E-state index contributed by atoms with van der Waals surface area (Å²) >= 11 is 0. The molecule has 11 heteroatoms. The van der Waals surface area contributed by atoms with Crippen molar-refractivity contribution in [1.29, 1.82) is 0 Å². The van der Waals surface area contributed by atoms with Crippen molar-refractivity contribution in [2.24, 2.45) is 0 Å². The van der Waals surface area contributed by atoms with Gasteiger partial charge in [0.2, 0.25) is 0 Å². The van der Waals surface area contributed by atoms with Crippen molar-refractivity contribution < 1.29 is 58.8 Å². The summed E-state index contributed by atoms with van der Waals surface area (Å²) in [6.07, 6.45) is 0. The van der Waals surface area contributed by atoms with Crippen LogP contribution in [0, 0.1) is 0 Å². The molecule has 0 N–H and O–H groups in total. The van der Waals surface area contributed by atoms with Gasteiger partial charge in [0, 0.05) is 10.7 Å². The van der Waals surface area contributed by atoms with Gasteiger partial charge in [-0.15, -0.1) is 0 Å². The summed E-state index contributed by atoms with van der Waals surface area (Å²) in [6, 6.07) is -5.09. The summed E-state index contributed by atoms with van der Waals surface area (Å²) in [7, 11) is -3.93. The molecule has 4 nitrogen and oxygen atoms in total. The minimum atomic E-state index is -5.08. The van der Waals surface area contributed by atoms with Gasteiger partial charge >= 0.3 is 36.4 Å². The Bertz CT molecular complexity index is 251. The molecule has 0 saturated carbocycles. The van der Waals surface area contributed by atoms with E-state index in [1.54, 1.807) is 0 Å². The fourth-order valence-corrected chi connectivity index (χ4v) is 0. The molecule has 0 bridgehead atoms. The molecule has 0 aromatic rings. The van der Waals surface area contributed by atoms with E-state index in [0.29, 0.717) is 0 Å². The first-order valence-electron chi connectivity index (χ1n) is 2.14. The monoisotopic (exact) mass is 234 g/mol. The van der Waals surface area contributed by atoms with Gasteiger partial charge in [-0.2, -0.15) is 22.0 Å². The topological polar surface area (TPSA) is 68.3 Å². The van der Waals surface area contributed by atoms with E-state index in [-0.39, 0.29) is 18.9 Å². The molecule has 14 heavy (non-hydrogen) atoms. The Labute approximate surface area is 87.6 Å². The largest absolute Gasteiger partial charge is 1.00 e. The van der Waals surface area contributed by atoms with Crippen LogP contribution in [0.2, 0.25) is 0 Å². The summed E-state index contributed by atoms with van der Waals surface area (Å²) in [6.45, 7) is 0. The Morgan fingerprint density at radius 3 is 1.07 bits per heavy atom. The molecule has 78 valence electrons. The van der Waals surface area contributed by atoms with Crippen LogP contribution in [-0.2, 0) is 28.7 Å². The average Bonchev–Trinajstić information content (AvgIpc) is 1.86. The number of rotatable bonds is 1. The standard InChI is InChI=1S/C2F2O2.CF3O2S.Li/c3-1(5)2(4)6;2-1(3,4)7(5)6;/q;-1;+1. The fraction of sp³-hybridized carbons (Fsp3) is 0.333.